The van der Waals surface area contributed by atoms with Crippen LogP contribution in [0.25, 0.3) is 28.6 Å². The zero-order chi connectivity index (χ0) is 20.1. The van der Waals surface area contributed by atoms with E-state index in [4.69, 9.17) is 9.84 Å². The van der Waals surface area contributed by atoms with Crippen LogP contribution in [0.2, 0.25) is 0 Å². The second-order valence-electron chi connectivity index (χ2n) is 6.33. The molecule has 5 nitrogen and oxygen atoms in total. The number of nitriles is 1. The predicted molar refractivity (Wildman–Crippen MR) is 113 cm³/mol. The van der Waals surface area contributed by atoms with Gasteiger partial charge in [-0.1, -0.05) is 24.3 Å². The van der Waals surface area contributed by atoms with Crippen molar-refractivity contribution in [1.82, 2.24) is 14.8 Å². The van der Waals surface area contributed by atoms with Crippen molar-refractivity contribution < 1.29 is 4.74 Å². The van der Waals surface area contributed by atoms with Crippen molar-refractivity contribution in [3.8, 4) is 28.8 Å². The second-order valence-corrected chi connectivity index (χ2v) is 6.33. The molecule has 2 aromatic carbocycles. The predicted octanol–water partition coefficient (Wildman–Crippen LogP) is 5.01. The highest BCUT2D eigenvalue weighted by molar-refractivity contribution is 5.91. The van der Waals surface area contributed by atoms with Gasteiger partial charge in [-0.05, 0) is 54.6 Å². The summed E-state index contributed by atoms with van der Waals surface area (Å²) in [6.45, 7) is 0. The molecule has 5 heteroatoms. The molecule has 0 aliphatic heterocycles. The van der Waals surface area contributed by atoms with Crippen LogP contribution in [-0.4, -0.2) is 21.9 Å². The van der Waals surface area contributed by atoms with Gasteiger partial charge in [-0.3, -0.25) is 4.98 Å². The first-order valence-corrected chi connectivity index (χ1v) is 9.11. The van der Waals surface area contributed by atoms with E-state index in [2.05, 4.69) is 11.1 Å². The minimum atomic E-state index is 0.480. The molecule has 4 aromatic rings. The summed E-state index contributed by atoms with van der Waals surface area (Å²) < 4.78 is 7.08. The molecule has 0 saturated carbocycles. The van der Waals surface area contributed by atoms with E-state index < -0.39 is 0 Å². The fraction of sp³-hybridized carbons (Fsp3) is 0.0417. The first-order chi connectivity index (χ1) is 14.3. The van der Waals surface area contributed by atoms with Crippen molar-refractivity contribution in [3.63, 3.8) is 0 Å². The highest BCUT2D eigenvalue weighted by Gasteiger charge is 2.13. The molecule has 0 bridgehead atoms. The molecule has 0 aliphatic carbocycles. The minimum absolute atomic E-state index is 0.480. The largest absolute Gasteiger partial charge is 0.497 e. The molecular weight excluding hydrogens is 360 g/mol. The summed E-state index contributed by atoms with van der Waals surface area (Å²) in [6.07, 6.45) is 5.43. The van der Waals surface area contributed by atoms with E-state index in [0.29, 0.717) is 11.3 Å². The van der Waals surface area contributed by atoms with E-state index >= 15 is 0 Å². The number of pyridine rings is 1. The summed E-state index contributed by atoms with van der Waals surface area (Å²) in [5.74, 6) is 0.777. The molecule has 0 N–H and O–H groups in total. The second kappa shape index (κ2) is 8.24. The fourth-order valence-corrected chi connectivity index (χ4v) is 3.02. The maximum absolute atomic E-state index is 9.69. The van der Waals surface area contributed by atoms with Gasteiger partial charge in [0.25, 0.3) is 0 Å². The Hall–Kier alpha value is -4.17. The molecule has 29 heavy (non-hydrogen) atoms. The Morgan fingerprint density at radius 3 is 2.41 bits per heavy atom. The highest BCUT2D eigenvalue weighted by Crippen LogP contribution is 2.28. The summed E-state index contributed by atoms with van der Waals surface area (Å²) in [7, 11) is 1.64. The number of allylic oxidation sites excluding steroid dienone is 1. The smallest absolute Gasteiger partial charge is 0.118 e. The number of hydrogen-bond acceptors (Lipinski definition) is 4. The third-order valence-corrected chi connectivity index (χ3v) is 4.49. The quantitative estimate of drug-likeness (QED) is 0.458. The monoisotopic (exact) mass is 378 g/mol. The maximum Gasteiger partial charge on any atom is 0.118 e. The van der Waals surface area contributed by atoms with E-state index in [1.807, 2.05) is 89.8 Å². The Morgan fingerprint density at radius 2 is 1.76 bits per heavy atom. The number of nitrogens with zero attached hydrogens (tertiary/aromatic N) is 4. The third kappa shape index (κ3) is 3.92. The lowest BCUT2D eigenvalue weighted by atomic mass is 10.0. The number of hydrogen-bond donors (Lipinski definition) is 0. The van der Waals surface area contributed by atoms with Crippen molar-refractivity contribution in [2.75, 3.05) is 7.11 Å². The maximum atomic E-state index is 9.69. The average molecular weight is 378 g/mol. The molecule has 0 saturated heterocycles. The molecule has 0 aliphatic rings. The molecule has 0 unspecified atom stereocenters. The van der Waals surface area contributed by atoms with Gasteiger partial charge in [-0.15, -0.1) is 0 Å². The molecule has 140 valence electrons. The van der Waals surface area contributed by atoms with Crippen LogP contribution in [0.15, 0.2) is 85.2 Å². The number of benzene rings is 2. The summed E-state index contributed by atoms with van der Waals surface area (Å²) in [5.41, 5.74) is 4.60. The first kappa shape index (κ1) is 18.2. The molecule has 0 radical (unpaired) electrons. The van der Waals surface area contributed by atoms with Gasteiger partial charge < -0.3 is 4.74 Å². The van der Waals surface area contributed by atoms with Gasteiger partial charge in [0.05, 0.1) is 29.8 Å². The molecule has 0 atom stereocenters. The molecule has 0 amide bonds. The van der Waals surface area contributed by atoms with Crippen LogP contribution in [0.4, 0.5) is 0 Å². The van der Waals surface area contributed by atoms with Gasteiger partial charge in [0.1, 0.15) is 11.8 Å². The van der Waals surface area contributed by atoms with Gasteiger partial charge in [-0.25, -0.2) is 4.68 Å². The van der Waals surface area contributed by atoms with Crippen LogP contribution in [0, 0.1) is 11.3 Å². The Kier molecular flexibility index (Phi) is 5.17. The van der Waals surface area contributed by atoms with E-state index in [-0.39, 0.29) is 0 Å². The number of methoxy groups -OCH3 is 1. The summed E-state index contributed by atoms with van der Waals surface area (Å²) >= 11 is 0. The summed E-state index contributed by atoms with van der Waals surface area (Å²) in [6, 6.07) is 25.4. The van der Waals surface area contributed by atoms with Crippen LogP contribution in [0.3, 0.4) is 0 Å². The molecule has 0 spiro atoms. The standard InChI is InChI=1S/C24H18N4O/c1-29-22-12-10-18(11-13-22)24-20(15-19(16-25)23-9-5-6-14-26-23)17-28(27-24)21-7-3-2-4-8-21/h2-15,17H,1H3/b19-15+. The Labute approximate surface area is 169 Å². The lowest BCUT2D eigenvalue weighted by molar-refractivity contribution is 0.415. The number of rotatable bonds is 5. The number of ether oxygens (including phenoxy) is 1. The Balaban J connectivity index is 1.86. The van der Waals surface area contributed by atoms with Crippen molar-refractivity contribution in [2.45, 2.75) is 0 Å². The molecule has 0 fully saturated rings. The normalized spacial score (nSPS) is 11.1. The lowest BCUT2D eigenvalue weighted by Crippen LogP contribution is -1.94. The van der Waals surface area contributed by atoms with Crippen LogP contribution in [0.1, 0.15) is 11.3 Å². The minimum Gasteiger partial charge on any atom is -0.497 e. The summed E-state index contributed by atoms with van der Waals surface area (Å²) in [4.78, 5) is 4.30. The topological polar surface area (TPSA) is 63.7 Å². The zero-order valence-corrected chi connectivity index (χ0v) is 15.9. The van der Waals surface area contributed by atoms with Gasteiger partial charge in [0.2, 0.25) is 0 Å². The van der Waals surface area contributed by atoms with Gasteiger partial charge >= 0.3 is 0 Å². The average Bonchev–Trinajstić information content (AvgIpc) is 3.22. The van der Waals surface area contributed by atoms with Crippen molar-refractivity contribution in [2.24, 2.45) is 0 Å². The van der Waals surface area contributed by atoms with Crippen LogP contribution in [0.5, 0.6) is 5.75 Å². The third-order valence-electron chi connectivity index (χ3n) is 4.49. The van der Waals surface area contributed by atoms with Gasteiger partial charge in [0, 0.05) is 23.5 Å². The van der Waals surface area contributed by atoms with Crippen molar-refractivity contribution in [1.29, 1.82) is 5.26 Å². The fourth-order valence-electron chi connectivity index (χ4n) is 3.02. The Bertz CT molecular complexity index is 1170. The molecule has 2 heterocycles. The van der Waals surface area contributed by atoms with Gasteiger partial charge in [-0.2, -0.15) is 10.4 Å². The van der Waals surface area contributed by atoms with Crippen LogP contribution in [-0.2, 0) is 0 Å². The van der Waals surface area contributed by atoms with Crippen LogP contribution < -0.4 is 4.74 Å². The van der Waals surface area contributed by atoms with Crippen molar-refractivity contribution >= 4 is 11.6 Å². The van der Waals surface area contributed by atoms with Crippen molar-refractivity contribution in [3.05, 3.63) is 96.4 Å². The summed E-state index contributed by atoms with van der Waals surface area (Å²) in [5, 5.41) is 14.5. The molecular formula is C24H18N4O. The van der Waals surface area contributed by atoms with E-state index in [1.54, 1.807) is 13.3 Å². The van der Waals surface area contributed by atoms with Gasteiger partial charge in [0.15, 0.2) is 0 Å². The first-order valence-electron chi connectivity index (χ1n) is 9.11. The number of aromatic nitrogens is 3. The highest BCUT2D eigenvalue weighted by atomic mass is 16.5. The molecule has 2 aromatic heterocycles. The van der Waals surface area contributed by atoms with E-state index in [9.17, 15) is 5.26 Å². The SMILES string of the molecule is COc1ccc(-c2nn(-c3ccccc3)cc2/C=C(\C#N)c2ccccn2)cc1. The number of para-hydroxylation sites is 1. The lowest BCUT2D eigenvalue weighted by Gasteiger charge is -2.03. The van der Waals surface area contributed by atoms with Crippen LogP contribution >= 0.6 is 0 Å². The van der Waals surface area contributed by atoms with E-state index in [0.717, 1.165) is 28.3 Å². The molecule has 4 rings (SSSR count). The Morgan fingerprint density at radius 1 is 1.00 bits per heavy atom. The zero-order valence-electron chi connectivity index (χ0n) is 15.9. The van der Waals surface area contributed by atoms with E-state index in [1.165, 1.54) is 0 Å².